The van der Waals surface area contributed by atoms with E-state index in [0.29, 0.717) is 10.1 Å². The van der Waals surface area contributed by atoms with Crippen LogP contribution in [0.2, 0.25) is 0 Å². The summed E-state index contributed by atoms with van der Waals surface area (Å²) in [5.41, 5.74) is 0.00651. The van der Waals surface area contributed by atoms with E-state index >= 15 is 0 Å². The fraction of sp³-hybridized carbons (Fsp3) is 0.389. The second kappa shape index (κ2) is 6.95. The van der Waals surface area contributed by atoms with E-state index in [-0.39, 0.29) is 17.5 Å². The van der Waals surface area contributed by atoms with Crippen LogP contribution in [0.4, 0.5) is 18.3 Å². The van der Waals surface area contributed by atoms with Gasteiger partial charge in [0.25, 0.3) is 5.56 Å². The van der Waals surface area contributed by atoms with E-state index in [1.165, 1.54) is 28.1 Å². The highest BCUT2D eigenvalue weighted by Crippen LogP contribution is 2.37. The average molecular weight is 394 g/mol. The van der Waals surface area contributed by atoms with Crippen molar-refractivity contribution in [2.75, 3.05) is 5.32 Å². The smallest absolute Gasteiger partial charge is 0.357 e. The summed E-state index contributed by atoms with van der Waals surface area (Å²) in [4.78, 5) is 16.5. The Hall–Kier alpha value is -2.42. The Bertz CT molecular complexity index is 996. The summed E-state index contributed by atoms with van der Waals surface area (Å²) in [5.74, 6) is 0.0951. The van der Waals surface area contributed by atoms with Crippen LogP contribution < -0.4 is 10.9 Å². The molecule has 142 valence electrons. The topological polar surface area (TPSA) is 59.3 Å². The SMILES string of the molecule is O=c1ccnc2sc(N[C@H]3CCCC[C@@H]3c3ccc(C(F)(F)F)cc3)nn12. The van der Waals surface area contributed by atoms with Crippen LogP contribution in [0.5, 0.6) is 0 Å². The van der Waals surface area contributed by atoms with Gasteiger partial charge in [0.2, 0.25) is 10.1 Å². The van der Waals surface area contributed by atoms with E-state index in [1.54, 1.807) is 12.1 Å². The van der Waals surface area contributed by atoms with Gasteiger partial charge in [-0.1, -0.05) is 36.3 Å². The van der Waals surface area contributed by atoms with Crippen LogP contribution in [0.1, 0.15) is 42.7 Å². The molecule has 9 heteroatoms. The number of hydrogen-bond acceptors (Lipinski definition) is 5. The number of fused-ring (bicyclic) bond motifs is 1. The minimum atomic E-state index is -4.33. The van der Waals surface area contributed by atoms with Crippen LogP contribution >= 0.6 is 11.3 Å². The monoisotopic (exact) mass is 394 g/mol. The van der Waals surface area contributed by atoms with Crippen molar-refractivity contribution in [2.45, 2.75) is 43.8 Å². The molecule has 27 heavy (non-hydrogen) atoms. The standard InChI is InChI=1S/C18H17F3N4OS/c19-18(20,21)12-7-5-11(6-8-12)13-3-1-2-4-14(13)23-16-24-25-15(26)9-10-22-17(25)27-16/h5-10,13-14H,1-4H2,(H,23,24)/t13-,14+/m1/s1. The van der Waals surface area contributed by atoms with Gasteiger partial charge < -0.3 is 5.32 Å². The molecule has 1 aliphatic carbocycles. The molecule has 1 N–H and O–H groups in total. The maximum absolute atomic E-state index is 12.8. The van der Waals surface area contributed by atoms with Crippen LogP contribution in [0.15, 0.2) is 41.3 Å². The van der Waals surface area contributed by atoms with Crippen molar-refractivity contribution >= 4 is 21.4 Å². The molecule has 0 radical (unpaired) electrons. The predicted octanol–water partition coefficient (Wildman–Crippen LogP) is 4.31. The van der Waals surface area contributed by atoms with Crippen molar-refractivity contribution in [1.82, 2.24) is 14.6 Å². The van der Waals surface area contributed by atoms with Crippen LogP contribution in [0.25, 0.3) is 4.96 Å². The fourth-order valence-corrected chi connectivity index (χ4v) is 4.42. The highest BCUT2D eigenvalue weighted by Gasteiger charge is 2.32. The van der Waals surface area contributed by atoms with E-state index in [0.717, 1.165) is 43.4 Å². The number of halogens is 3. The minimum Gasteiger partial charge on any atom is -0.357 e. The molecule has 2 atom stereocenters. The van der Waals surface area contributed by atoms with Crippen molar-refractivity contribution < 1.29 is 13.2 Å². The van der Waals surface area contributed by atoms with Crippen LogP contribution in [-0.4, -0.2) is 20.6 Å². The molecule has 3 aromatic rings. The third-order valence-corrected chi connectivity index (χ3v) is 5.77. The normalized spacial score (nSPS) is 20.7. The quantitative estimate of drug-likeness (QED) is 0.719. The van der Waals surface area contributed by atoms with Gasteiger partial charge in [-0.25, -0.2) is 4.98 Å². The maximum Gasteiger partial charge on any atom is 0.416 e. The summed E-state index contributed by atoms with van der Waals surface area (Å²) in [6.45, 7) is 0. The van der Waals surface area contributed by atoms with Gasteiger partial charge in [-0.05, 0) is 30.5 Å². The number of nitrogens with zero attached hydrogens (tertiary/aromatic N) is 3. The number of alkyl halides is 3. The van der Waals surface area contributed by atoms with Gasteiger partial charge in [0.15, 0.2) is 0 Å². The molecule has 1 aliphatic rings. The van der Waals surface area contributed by atoms with Gasteiger partial charge in [0.1, 0.15) is 0 Å². The highest BCUT2D eigenvalue weighted by atomic mass is 32.1. The molecule has 5 nitrogen and oxygen atoms in total. The molecule has 1 saturated carbocycles. The molecular formula is C18H17F3N4OS. The fourth-order valence-electron chi connectivity index (χ4n) is 3.58. The summed E-state index contributed by atoms with van der Waals surface area (Å²) >= 11 is 1.29. The van der Waals surface area contributed by atoms with Gasteiger partial charge in [0, 0.05) is 24.2 Å². The molecule has 0 spiro atoms. The Balaban J connectivity index is 1.58. The first kappa shape index (κ1) is 18.0. The zero-order valence-electron chi connectivity index (χ0n) is 14.2. The molecule has 4 rings (SSSR count). The lowest BCUT2D eigenvalue weighted by molar-refractivity contribution is -0.137. The largest absolute Gasteiger partial charge is 0.416 e. The number of anilines is 1. The summed E-state index contributed by atoms with van der Waals surface area (Å²) < 4.78 is 39.7. The van der Waals surface area contributed by atoms with Gasteiger partial charge in [0.05, 0.1) is 5.56 Å². The zero-order chi connectivity index (χ0) is 19.0. The Morgan fingerprint density at radius 1 is 1.11 bits per heavy atom. The number of benzene rings is 1. The summed E-state index contributed by atoms with van der Waals surface area (Å²) in [5, 5.41) is 8.25. The van der Waals surface area contributed by atoms with E-state index in [2.05, 4.69) is 15.4 Å². The zero-order valence-corrected chi connectivity index (χ0v) is 15.1. The van der Waals surface area contributed by atoms with E-state index in [9.17, 15) is 18.0 Å². The first-order valence-electron chi connectivity index (χ1n) is 8.70. The molecule has 1 aromatic carbocycles. The molecule has 2 heterocycles. The summed E-state index contributed by atoms with van der Waals surface area (Å²) in [6, 6.07) is 6.81. The number of nitrogens with one attached hydrogen (secondary N) is 1. The minimum absolute atomic E-state index is 0.0479. The summed E-state index contributed by atoms with van der Waals surface area (Å²) in [6.07, 6.45) is 0.980. The molecule has 0 amide bonds. The molecule has 0 aliphatic heterocycles. The number of aromatic nitrogens is 3. The Morgan fingerprint density at radius 2 is 1.85 bits per heavy atom. The molecule has 0 unspecified atom stereocenters. The average Bonchev–Trinajstić information content (AvgIpc) is 3.06. The van der Waals surface area contributed by atoms with E-state index < -0.39 is 11.7 Å². The number of rotatable bonds is 3. The second-order valence-corrected chi connectivity index (χ2v) is 7.60. The van der Waals surface area contributed by atoms with Crippen LogP contribution in [-0.2, 0) is 6.18 Å². The Labute approximate surface area is 156 Å². The van der Waals surface area contributed by atoms with Crippen LogP contribution in [0.3, 0.4) is 0 Å². The number of hydrogen-bond donors (Lipinski definition) is 1. The van der Waals surface area contributed by atoms with Gasteiger partial charge in [-0.3, -0.25) is 4.79 Å². The molecule has 0 saturated heterocycles. The molecule has 2 aromatic heterocycles. The lowest BCUT2D eigenvalue weighted by Gasteiger charge is -2.32. The van der Waals surface area contributed by atoms with Crippen molar-refractivity contribution in [3.63, 3.8) is 0 Å². The third kappa shape index (κ3) is 3.69. The molecule has 1 fully saturated rings. The van der Waals surface area contributed by atoms with Crippen molar-refractivity contribution in [3.05, 3.63) is 58.0 Å². The van der Waals surface area contributed by atoms with E-state index in [4.69, 9.17) is 0 Å². The van der Waals surface area contributed by atoms with Crippen molar-refractivity contribution in [1.29, 1.82) is 0 Å². The van der Waals surface area contributed by atoms with Crippen molar-refractivity contribution in [2.24, 2.45) is 0 Å². The first-order chi connectivity index (χ1) is 12.9. The van der Waals surface area contributed by atoms with Crippen LogP contribution in [0, 0.1) is 0 Å². The lowest BCUT2D eigenvalue weighted by atomic mass is 9.80. The second-order valence-electron chi connectivity index (χ2n) is 6.65. The summed E-state index contributed by atoms with van der Waals surface area (Å²) in [7, 11) is 0. The Morgan fingerprint density at radius 3 is 2.56 bits per heavy atom. The molecular weight excluding hydrogens is 377 g/mol. The van der Waals surface area contributed by atoms with Gasteiger partial charge in [-0.15, -0.1) is 5.10 Å². The molecule has 0 bridgehead atoms. The lowest BCUT2D eigenvalue weighted by Crippen LogP contribution is -2.30. The Kier molecular flexibility index (Phi) is 4.63. The van der Waals surface area contributed by atoms with Crippen molar-refractivity contribution in [3.8, 4) is 0 Å². The van der Waals surface area contributed by atoms with E-state index in [1.807, 2.05) is 0 Å². The predicted molar refractivity (Wildman–Crippen MR) is 97.2 cm³/mol. The first-order valence-corrected chi connectivity index (χ1v) is 9.52. The third-order valence-electron chi connectivity index (χ3n) is 4.91. The van der Waals surface area contributed by atoms with Gasteiger partial charge >= 0.3 is 6.18 Å². The van der Waals surface area contributed by atoms with Gasteiger partial charge in [-0.2, -0.15) is 17.7 Å². The highest BCUT2D eigenvalue weighted by molar-refractivity contribution is 7.20. The maximum atomic E-state index is 12.8.